The van der Waals surface area contributed by atoms with E-state index in [1.54, 1.807) is 6.07 Å². The van der Waals surface area contributed by atoms with Gasteiger partial charge in [0.2, 0.25) is 0 Å². The molecule has 3 N–H and O–H groups in total. The van der Waals surface area contributed by atoms with Crippen LogP contribution in [0.4, 0.5) is 5.82 Å². The van der Waals surface area contributed by atoms with E-state index in [0.717, 1.165) is 22.9 Å². The first-order valence-electron chi connectivity index (χ1n) is 6.80. The van der Waals surface area contributed by atoms with Crippen LogP contribution in [0.2, 0.25) is 0 Å². The van der Waals surface area contributed by atoms with Crippen molar-refractivity contribution >= 4 is 5.82 Å². The molecule has 4 heteroatoms. The van der Waals surface area contributed by atoms with Gasteiger partial charge in [0.1, 0.15) is 5.82 Å². The van der Waals surface area contributed by atoms with Crippen LogP contribution in [0.5, 0.6) is 0 Å². The summed E-state index contributed by atoms with van der Waals surface area (Å²) in [5.74, 6) is 0.331. The predicted octanol–water partition coefficient (Wildman–Crippen LogP) is 2.88. The van der Waals surface area contributed by atoms with Crippen molar-refractivity contribution in [1.29, 1.82) is 0 Å². The maximum absolute atomic E-state index is 9.55. The van der Waals surface area contributed by atoms with Crippen molar-refractivity contribution in [3.8, 4) is 0 Å². The van der Waals surface area contributed by atoms with Gasteiger partial charge in [-0.2, -0.15) is 4.73 Å². The Kier molecular flexibility index (Phi) is 5.75. The van der Waals surface area contributed by atoms with Gasteiger partial charge in [-0.05, 0) is 25.8 Å². The molecule has 0 aliphatic heterocycles. The van der Waals surface area contributed by atoms with Gasteiger partial charge < -0.3 is 10.9 Å². The molecule has 102 valence electrons. The molecule has 18 heavy (non-hydrogen) atoms. The molecule has 0 saturated carbocycles. The Labute approximate surface area is 109 Å². The van der Waals surface area contributed by atoms with Crippen LogP contribution < -0.4 is 11.1 Å². The Morgan fingerprint density at radius 2 is 2.06 bits per heavy atom. The lowest BCUT2D eigenvalue weighted by Gasteiger charge is -2.10. The lowest BCUT2D eigenvalue weighted by Crippen LogP contribution is -2.16. The molecule has 0 spiro atoms. The third kappa shape index (κ3) is 4.09. The second-order valence-electron chi connectivity index (χ2n) is 4.78. The third-order valence-corrected chi connectivity index (χ3v) is 3.17. The Bertz CT molecular complexity index is 411. The average molecular weight is 251 g/mol. The van der Waals surface area contributed by atoms with E-state index in [-0.39, 0.29) is 0 Å². The summed E-state index contributed by atoms with van der Waals surface area (Å²) in [5, 5.41) is 10.4. The van der Waals surface area contributed by atoms with Gasteiger partial charge in [-0.1, -0.05) is 33.1 Å². The summed E-state index contributed by atoms with van der Waals surface area (Å²) in [6, 6.07) is 3.93. The Morgan fingerprint density at radius 3 is 2.61 bits per heavy atom. The van der Waals surface area contributed by atoms with Gasteiger partial charge in [-0.3, -0.25) is 4.99 Å². The number of aromatic nitrogens is 1. The van der Waals surface area contributed by atoms with Crippen molar-refractivity contribution in [2.45, 2.75) is 58.9 Å². The molecular weight excluding hydrogens is 226 g/mol. The van der Waals surface area contributed by atoms with Crippen molar-refractivity contribution in [1.82, 2.24) is 4.73 Å². The first kappa shape index (κ1) is 14.6. The van der Waals surface area contributed by atoms with Gasteiger partial charge in [0, 0.05) is 6.07 Å². The number of nitrogens with zero attached hydrogens (tertiary/aromatic N) is 2. The van der Waals surface area contributed by atoms with Crippen LogP contribution in [0.25, 0.3) is 0 Å². The Balaban J connectivity index is 2.86. The number of rotatable bonds is 6. The molecule has 1 rings (SSSR count). The SMILES string of the molecule is CCCCCC(CC)N=c1cc(C)n(O)c(N)c1. The second-order valence-corrected chi connectivity index (χ2v) is 4.78. The molecule has 1 aromatic rings. The van der Waals surface area contributed by atoms with Crippen molar-refractivity contribution < 1.29 is 5.21 Å². The van der Waals surface area contributed by atoms with Gasteiger partial charge >= 0.3 is 0 Å². The number of hydrogen-bond acceptors (Lipinski definition) is 3. The van der Waals surface area contributed by atoms with E-state index in [9.17, 15) is 5.21 Å². The molecule has 1 heterocycles. The first-order chi connectivity index (χ1) is 8.58. The molecule has 0 radical (unpaired) electrons. The first-order valence-corrected chi connectivity index (χ1v) is 6.80. The van der Waals surface area contributed by atoms with E-state index in [1.165, 1.54) is 19.3 Å². The predicted molar refractivity (Wildman–Crippen MR) is 74.5 cm³/mol. The largest absolute Gasteiger partial charge is 0.427 e. The number of anilines is 1. The minimum Gasteiger partial charge on any atom is -0.427 e. The molecule has 4 nitrogen and oxygen atoms in total. The maximum Gasteiger partial charge on any atom is 0.141 e. The van der Waals surface area contributed by atoms with E-state index in [1.807, 2.05) is 13.0 Å². The number of unbranched alkanes of at least 4 members (excludes halogenated alkanes) is 2. The fraction of sp³-hybridized carbons (Fsp3) is 0.643. The van der Waals surface area contributed by atoms with Gasteiger partial charge in [0.15, 0.2) is 0 Å². The fourth-order valence-electron chi connectivity index (χ4n) is 2.01. The van der Waals surface area contributed by atoms with Gasteiger partial charge in [-0.25, -0.2) is 0 Å². The van der Waals surface area contributed by atoms with Crippen molar-refractivity contribution in [3.05, 3.63) is 23.2 Å². The zero-order chi connectivity index (χ0) is 13.5. The lowest BCUT2D eigenvalue weighted by molar-refractivity contribution is 0.184. The summed E-state index contributed by atoms with van der Waals surface area (Å²) in [5.41, 5.74) is 6.42. The molecule has 0 bridgehead atoms. The summed E-state index contributed by atoms with van der Waals surface area (Å²) in [6.07, 6.45) is 5.88. The standard InChI is InChI=1S/C14H25N3O/c1-4-6-7-8-12(5-2)16-13-9-11(3)17(18)14(15)10-13/h9-10,12,18H,4-8,15H2,1-3H3. The minimum atomic E-state index is 0.331. The van der Waals surface area contributed by atoms with Gasteiger partial charge in [-0.15, -0.1) is 0 Å². The molecule has 0 amide bonds. The van der Waals surface area contributed by atoms with E-state index in [4.69, 9.17) is 10.7 Å². The number of hydrogen-bond donors (Lipinski definition) is 2. The number of nitrogen functional groups attached to an aromatic ring is 1. The van der Waals surface area contributed by atoms with E-state index in [0.29, 0.717) is 17.6 Å². The zero-order valence-corrected chi connectivity index (χ0v) is 11.7. The van der Waals surface area contributed by atoms with Crippen molar-refractivity contribution in [2.75, 3.05) is 5.73 Å². The summed E-state index contributed by atoms with van der Waals surface area (Å²) >= 11 is 0. The van der Waals surface area contributed by atoms with Gasteiger partial charge in [0.05, 0.1) is 17.1 Å². The van der Waals surface area contributed by atoms with E-state index >= 15 is 0 Å². The second kappa shape index (κ2) is 7.09. The van der Waals surface area contributed by atoms with Crippen LogP contribution in [0.15, 0.2) is 17.1 Å². The monoisotopic (exact) mass is 251 g/mol. The molecule has 0 aliphatic carbocycles. The molecule has 1 atom stereocenters. The quantitative estimate of drug-likeness (QED) is 0.603. The molecule has 1 aromatic heterocycles. The Morgan fingerprint density at radius 1 is 1.33 bits per heavy atom. The fourth-order valence-corrected chi connectivity index (χ4v) is 2.01. The maximum atomic E-state index is 9.55. The molecular formula is C14H25N3O. The summed E-state index contributed by atoms with van der Waals surface area (Å²) < 4.78 is 0.983. The van der Waals surface area contributed by atoms with Crippen molar-refractivity contribution in [3.63, 3.8) is 0 Å². The highest BCUT2D eigenvalue weighted by Crippen LogP contribution is 2.09. The molecule has 0 aromatic carbocycles. The normalized spacial score (nSPS) is 13.8. The highest BCUT2D eigenvalue weighted by Gasteiger charge is 2.04. The summed E-state index contributed by atoms with van der Waals surface area (Å²) in [7, 11) is 0. The summed E-state index contributed by atoms with van der Waals surface area (Å²) in [4.78, 5) is 4.71. The topological polar surface area (TPSA) is 63.5 Å². The van der Waals surface area contributed by atoms with Crippen LogP contribution in [0, 0.1) is 6.92 Å². The zero-order valence-electron chi connectivity index (χ0n) is 11.7. The van der Waals surface area contributed by atoms with Gasteiger partial charge in [0.25, 0.3) is 0 Å². The van der Waals surface area contributed by atoms with Crippen LogP contribution in [-0.2, 0) is 0 Å². The highest BCUT2D eigenvalue weighted by atomic mass is 16.5. The molecule has 0 aliphatic rings. The molecule has 1 unspecified atom stereocenters. The van der Waals surface area contributed by atoms with Crippen molar-refractivity contribution in [2.24, 2.45) is 4.99 Å². The van der Waals surface area contributed by atoms with E-state index in [2.05, 4.69) is 13.8 Å². The number of nitrogens with two attached hydrogens (primary N) is 1. The highest BCUT2D eigenvalue weighted by molar-refractivity contribution is 5.29. The minimum absolute atomic E-state index is 0.331. The Hall–Kier alpha value is -1.45. The van der Waals surface area contributed by atoms with Crippen LogP contribution >= 0.6 is 0 Å². The number of pyridine rings is 1. The van der Waals surface area contributed by atoms with Crippen LogP contribution in [0.3, 0.4) is 0 Å². The van der Waals surface area contributed by atoms with E-state index < -0.39 is 0 Å². The number of aryl methyl sites for hydroxylation is 1. The lowest BCUT2D eigenvalue weighted by atomic mass is 10.1. The molecule has 0 fully saturated rings. The van der Waals surface area contributed by atoms with Crippen LogP contribution in [-0.4, -0.2) is 16.0 Å². The average Bonchev–Trinajstić information content (AvgIpc) is 2.34. The third-order valence-electron chi connectivity index (χ3n) is 3.17. The molecule has 0 saturated heterocycles. The summed E-state index contributed by atoms with van der Waals surface area (Å²) in [6.45, 7) is 6.18. The van der Waals surface area contributed by atoms with Crippen LogP contribution in [0.1, 0.15) is 51.6 Å². The smallest absolute Gasteiger partial charge is 0.141 e.